The first kappa shape index (κ1) is 15.5. The molecule has 1 atom stereocenters. The maximum absolute atomic E-state index is 12.8. The summed E-state index contributed by atoms with van der Waals surface area (Å²) in [5.41, 5.74) is -1.09. The average Bonchev–Trinajstić information content (AvgIpc) is 2.71. The smallest absolute Gasteiger partial charge is 0.359 e. The number of anilines is 1. The molecule has 0 aromatic carbocycles. The number of aromatic nitrogens is 3. The number of hydrogen-bond acceptors (Lipinski definition) is 4. The van der Waals surface area contributed by atoms with Gasteiger partial charge in [0, 0.05) is 7.05 Å². The van der Waals surface area contributed by atoms with Crippen LogP contribution < -0.4 is 5.32 Å². The van der Waals surface area contributed by atoms with Gasteiger partial charge in [-0.1, -0.05) is 5.21 Å². The van der Waals surface area contributed by atoms with Crippen molar-refractivity contribution in [1.82, 2.24) is 19.9 Å². The highest BCUT2D eigenvalue weighted by Gasteiger charge is 2.49. The van der Waals surface area contributed by atoms with Gasteiger partial charge < -0.3 is 9.64 Å². The molecule has 1 fully saturated rings. The molecule has 1 aromatic rings. The van der Waals surface area contributed by atoms with Crippen LogP contribution in [0, 0.1) is 0 Å². The fourth-order valence-corrected chi connectivity index (χ4v) is 2.10. The SMILES string of the molecule is Cn1cc(NC(=O)N2CC(C(F)(F)F)OC(C)(C)C2)nn1. The molecular weight excluding hydrogens is 291 g/mol. The predicted octanol–water partition coefficient (Wildman–Crippen LogP) is 1.39. The van der Waals surface area contributed by atoms with Crippen LogP contribution in [0.2, 0.25) is 0 Å². The molecule has 1 aliphatic rings. The number of hydrogen-bond donors (Lipinski definition) is 1. The van der Waals surface area contributed by atoms with Crippen LogP contribution >= 0.6 is 0 Å². The third-order valence-corrected chi connectivity index (χ3v) is 2.91. The van der Waals surface area contributed by atoms with E-state index in [0.29, 0.717) is 0 Å². The van der Waals surface area contributed by atoms with Gasteiger partial charge in [-0.2, -0.15) is 13.2 Å². The number of urea groups is 1. The van der Waals surface area contributed by atoms with E-state index in [4.69, 9.17) is 4.74 Å². The molecule has 7 nitrogen and oxygen atoms in total. The van der Waals surface area contributed by atoms with Gasteiger partial charge in [0.1, 0.15) is 0 Å². The highest BCUT2D eigenvalue weighted by Crippen LogP contribution is 2.31. The molecule has 1 aliphatic heterocycles. The summed E-state index contributed by atoms with van der Waals surface area (Å²) in [5, 5.41) is 9.69. The largest absolute Gasteiger partial charge is 0.416 e. The van der Waals surface area contributed by atoms with Crippen molar-refractivity contribution < 1.29 is 22.7 Å². The van der Waals surface area contributed by atoms with Crippen molar-refractivity contribution in [2.75, 3.05) is 18.4 Å². The summed E-state index contributed by atoms with van der Waals surface area (Å²) in [6.07, 6.45) is -5.08. The number of carbonyl (C=O) groups is 1. The Morgan fingerprint density at radius 3 is 2.71 bits per heavy atom. The lowest BCUT2D eigenvalue weighted by Gasteiger charge is -2.42. The number of rotatable bonds is 1. The third kappa shape index (κ3) is 3.84. The van der Waals surface area contributed by atoms with Crippen molar-refractivity contribution in [2.24, 2.45) is 7.05 Å². The molecule has 1 unspecified atom stereocenters. The quantitative estimate of drug-likeness (QED) is 0.851. The molecule has 10 heteroatoms. The number of ether oxygens (including phenoxy) is 1. The lowest BCUT2D eigenvalue weighted by molar-refractivity contribution is -0.267. The molecular formula is C11H16F3N5O2. The Morgan fingerprint density at radius 1 is 1.52 bits per heavy atom. The molecule has 118 valence electrons. The van der Waals surface area contributed by atoms with Crippen LogP contribution in [0.1, 0.15) is 13.8 Å². The zero-order valence-electron chi connectivity index (χ0n) is 11.8. The zero-order chi connectivity index (χ0) is 15.8. The molecule has 0 spiro atoms. The number of nitrogens with zero attached hydrogens (tertiary/aromatic N) is 4. The molecule has 2 amide bonds. The fourth-order valence-electron chi connectivity index (χ4n) is 2.10. The summed E-state index contributed by atoms with van der Waals surface area (Å²) in [7, 11) is 1.61. The molecule has 0 bridgehead atoms. The van der Waals surface area contributed by atoms with Gasteiger partial charge in [0.25, 0.3) is 0 Å². The monoisotopic (exact) mass is 307 g/mol. The average molecular weight is 307 g/mol. The minimum atomic E-state index is -4.53. The second kappa shape index (κ2) is 5.17. The number of nitrogens with one attached hydrogen (secondary N) is 1. The number of alkyl halides is 3. The second-order valence-corrected chi connectivity index (χ2v) is 5.50. The summed E-state index contributed by atoms with van der Waals surface area (Å²) in [6.45, 7) is 2.51. The van der Waals surface area contributed by atoms with Gasteiger partial charge in [-0.05, 0) is 13.8 Å². The Kier molecular flexibility index (Phi) is 3.83. The van der Waals surface area contributed by atoms with Crippen molar-refractivity contribution in [3.05, 3.63) is 6.20 Å². The van der Waals surface area contributed by atoms with Crippen LogP contribution in [0.5, 0.6) is 0 Å². The molecule has 0 aliphatic carbocycles. The van der Waals surface area contributed by atoms with Crippen LogP contribution in [-0.4, -0.2) is 56.9 Å². The van der Waals surface area contributed by atoms with Crippen LogP contribution in [0.4, 0.5) is 23.8 Å². The van der Waals surface area contributed by atoms with Gasteiger partial charge >= 0.3 is 12.2 Å². The lowest BCUT2D eigenvalue weighted by atomic mass is 10.1. The predicted molar refractivity (Wildman–Crippen MR) is 66.6 cm³/mol. The van der Waals surface area contributed by atoms with Crippen LogP contribution in [-0.2, 0) is 11.8 Å². The molecule has 1 saturated heterocycles. The maximum Gasteiger partial charge on any atom is 0.416 e. The zero-order valence-corrected chi connectivity index (χ0v) is 11.8. The van der Waals surface area contributed by atoms with Gasteiger partial charge in [0.15, 0.2) is 11.9 Å². The van der Waals surface area contributed by atoms with Gasteiger partial charge in [0.2, 0.25) is 0 Å². The first-order valence-corrected chi connectivity index (χ1v) is 6.24. The highest BCUT2D eigenvalue weighted by atomic mass is 19.4. The first-order chi connectivity index (χ1) is 9.57. The Morgan fingerprint density at radius 2 is 2.19 bits per heavy atom. The maximum atomic E-state index is 12.8. The third-order valence-electron chi connectivity index (χ3n) is 2.91. The summed E-state index contributed by atoms with van der Waals surface area (Å²) < 4.78 is 44.9. The molecule has 0 saturated carbocycles. The minimum Gasteiger partial charge on any atom is -0.359 e. The molecule has 2 heterocycles. The highest BCUT2D eigenvalue weighted by molar-refractivity contribution is 5.88. The summed E-state index contributed by atoms with van der Waals surface area (Å²) in [5.74, 6) is 0.176. The number of morpholine rings is 1. The topological polar surface area (TPSA) is 72.3 Å². The van der Waals surface area contributed by atoms with Crippen molar-refractivity contribution in [3.63, 3.8) is 0 Å². The Hall–Kier alpha value is -1.84. The Bertz CT molecular complexity index is 528. The van der Waals surface area contributed by atoms with E-state index in [9.17, 15) is 18.0 Å². The van der Waals surface area contributed by atoms with Crippen molar-refractivity contribution >= 4 is 11.8 Å². The Balaban J connectivity index is 2.09. The van der Waals surface area contributed by atoms with Crippen molar-refractivity contribution in [1.29, 1.82) is 0 Å². The number of carbonyl (C=O) groups excluding carboxylic acids is 1. The van der Waals surface area contributed by atoms with E-state index in [0.717, 1.165) is 4.90 Å². The van der Waals surface area contributed by atoms with Crippen molar-refractivity contribution in [3.8, 4) is 0 Å². The van der Waals surface area contributed by atoms with E-state index >= 15 is 0 Å². The summed E-state index contributed by atoms with van der Waals surface area (Å²) >= 11 is 0. The van der Waals surface area contributed by atoms with E-state index < -0.39 is 30.5 Å². The van der Waals surface area contributed by atoms with Crippen LogP contribution in [0.15, 0.2) is 6.20 Å². The van der Waals surface area contributed by atoms with Gasteiger partial charge in [0.05, 0.1) is 24.9 Å². The summed E-state index contributed by atoms with van der Waals surface area (Å²) in [4.78, 5) is 13.1. The number of amides is 2. The van der Waals surface area contributed by atoms with Crippen LogP contribution in [0.3, 0.4) is 0 Å². The van der Waals surface area contributed by atoms with Gasteiger partial charge in [-0.3, -0.25) is 10.00 Å². The minimum absolute atomic E-state index is 0.0473. The lowest BCUT2D eigenvalue weighted by Crippen LogP contribution is -2.59. The van der Waals surface area contributed by atoms with Crippen molar-refractivity contribution in [2.45, 2.75) is 31.7 Å². The molecule has 1 aromatic heterocycles. The van der Waals surface area contributed by atoms with Gasteiger partial charge in [-0.25, -0.2) is 4.79 Å². The standard InChI is InChI=1S/C11H16F3N5O2/c1-10(2)6-19(4-7(21-10)11(12,13)14)9(20)15-8-5-18(3)17-16-8/h5,7H,4,6H2,1-3H3,(H,15,20). The summed E-state index contributed by atoms with van der Waals surface area (Å²) in [6, 6.07) is -0.666. The number of aryl methyl sites for hydroxylation is 1. The fraction of sp³-hybridized carbons (Fsp3) is 0.727. The van der Waals surface area contributed by atoms with E-state index in [1.54, 1.807) is 7.05 Å². The molecule has 21 heavy (non-hydrogen) atoms. The van der Waals surface area contributed by atoms with E-state index in [2.05, 4.69) is 15.6 Å². The van der Waals surface area contributed by atoms with Crippen LogP contribution in [0.25, 0.3) is 0 Å². The van der Waals surface area contributed by atoms with E-state index in [-0.39, 0.29) is 12.4 Å². The van der Waals surface area contributed by atoms with Gasteiger partial charge in [-0.15, -0.1) is 5.10 Å². The first-order valence-electron chi connectivity index (χ1n) is 6.24. The molecule has 0 radical (unpaired) electrons. The normalized spacial score (nSPS) is 22.2. The van der Waals surface area contributed by atoms with E-state index in [1.807, 2.05) is 0 Å². The van der Waals surface area contributed by atoms with E-state index in [1.165, 1.54) is 24.7 Å². The number of halogens is 3. The Labute approximate surface area is 119 Å². The second-order valence-electron chi connectivity index (χ2n) is 5.50. The molecule has 2 rings (SSSR count). The molecule has 1 N–H and O–H groups in total.